The zero-order valence-corrected chi connectivity index (χ0v) is 14.3. The van der Waals surface area contributed by atoms with Gasteiger partial charge < -0.3 is 19.7 Å². The maximum atomic E-state index is 12.0. The summed E-state index contributed by atoms with van der Waals surface area (Å²) in [7, 11) is 1.77. The molecule has 2 amide bonds. The van der Waals surface area contributed by atoms with E-state index in [-0.39, 0.29) is 12.1 Å². The minimum atomic E-state index is -0.0934. The van der Waals surface area contributed by atoms with Gasteiger partial charge in [-0.1, -0.05) is 23.7 Å². The van der Waals surface area contributed by atoms with Crippen LogP contribution in [0.2, 0.25) is 5.02 Å². The van der Waals surface area contributed by atoms with E-state index in [1.54, 1.807) is 11.9 Å². The van der Waals surface area contributed by atoms with Crippen LogP contribution in [-0.4, -0.2) is 50.4 Å². The van der Waals surface area contributed by atoms with Gasteiger partial charge in [-0.3, -0.25) is 0 Å². The number of carbonyl (C=O) groups is 1. The van der Waals surface area contributed by atoms with Crippen molar-refractivity contribution in [3.63, 3.8) is 0 Å². The molecule has 0 spiro atoms. The van der Waals surface area contributed by atoms with E-state index in [0.29, 0.717) is 31.3 Å². The third kappa shape index (κ3) is 6.77. The van der Waals surface area contributed by atoms with Crippen molar-refractivity contribution in [2.75, 3.05) is 33.4 Å². The number of nitrogens with zero attached hydrogens (tertiary/aromatic N) is 1. The van der Waals surface area contributed by atoms with Gasteiger partial charge in [-0.05, 0) is 37.0 Å². The molecule has 1 saturated heterocycles. The summed E-state index contributed by atoms with van der Waals surface area (Å²) in [5, 5.41) is 3.57. The molecule has 1 unspecified atom stereocenters. The average Bonchev–Trinajstić information content (AvgIpc) is 3.03. The number of nitrogens with one attached hydrogen (secondary N) is 1. The number of benzene rings is 1. The zero-order chi connectivity index (χ0) is 16.5. The molecule has 0 aromatic heterocycles. The number of hydrogen-bond acceptors (Lipinski definition) is 3. The highest BCUT2D eigenvalue weighted by molar-refractivity contribution is 6.30. The van der Waals surface area contributed by atoms with E-state index in [1.165, 1.54) is 0 Å². The van der Waals surface area contributed by atoms with Crippen molar-refractivity contribution in [3.8, 4) is 0 Å². The highest BCUT2D eigenvalue weighted by Crippen LogP contribution is 2.12. The van der Waals surface area contributed by atoms with Gasteiger partial charge >= 0.3 is 6.03 Å². The highest BCUT2D eigenvalue weighted by Gasteiger charge is 2.15. The van der Waals surface area contributed by atoms with Crippen molar-refractivity contribution in [2.24, 2.45) is 0 Å². The number of urea groups is 1. The molecule has 23 heavy (non-hydrogen) atoms. The molecule has 0 bridgehead atoms. The first-order chi connectivity index (χ1) is 11.1. The Balaban J connectivity index is 1.55. The summed E-state index contributed by atoms with van der Waals surface area (Å²) in [4.78, 5) is 13.6. The summed E-state index contributed by atoms with van der Waals surface area (Å²) in [5.41, 5.74) is 1.01. The molecule has 1 aliphatic heterocycles. The molecule has 128 valence electrons. The maximum absolute atomic E-state index is 12.0. The molecule has 0 saturated carbocycles. The van der Waals surface area contributed by atoms with E-state index in [0.717, 1.165) is 31.4 Å². The summed E-state index contributed by atoms with van der Waals surface area (Å²) in [6, 6.07) is 7.43. The molecule has 2 rings (SSSR count). The van der Waals surface area contributed by atoms with E-state index in [1.807, 2.05) is 24.3 Å². The van der Waals surface area contributed by atoms with Crippen molar-refractivity contribution in [1.29, 1.82) is 0 Å². The van der Waals surface area contributed by atoms with Gasteiger partial charge in [0.15, 0.2) is 0 Å². The molecule has 1 aliphatic rings. The molecule has 1 N–H and O–H groups in total. The van der Waals surface area contributed by atoms with Gasteiger partial charge in [0, 0.05) is 38.4 Å². The van der Waals surface area contributed by atoms with Gasteiger partial charge in [0.05, 0.1) is 12.7 Å². The quantitative estimate of drug-likeness (QED) is 0.740. The predicted octanol–water partition coefficient (Wildman–Crippen LogP) is 3.07. The van der Waals surface area contributed by atoms with Crippen molar-refractivity contribution < 1.29 is 14.3 Å². The summed E-state index contributed by atoms with van der Waals surface area (Å²) >= 11 is 5.95. The smallest absolute Gasteiger partial charge is 0.317 e. The molecule has 0 radical (unpaired) electrons. The van der Waals surface area contributed by atoms with Crippen LogP contribution in [0, 0.1) is 0 Å². The number of ether oxygens (including phenoxy) is 2. The second kappa shape index (κ2) is 9.75. The van der Waals surface area contributed by atoms with Crippen LogP contribution in [0.5, 0.6) is 0 Å². The van der Waals surface area contributed by atoms with Crippen LogP contribution in [0.4, 0.5) is 4.79 Å². The van der Waals surface area contributed by atoms with Crippen LogP contribution in [0.25, 0.3) is 0 Å². The average molecular weight is 341 g/mol. The minimum Gasteiger partial charge on any atom is -0.379 e. The number of carbonyl (C=O) groups excluding carboxylic acids is 1. The summed E-state index contributed by atoms with van der Waals surface area (Å²) in [6.07, 6.45) is 3.27. The number of hydrogen-bond donors (Lipinski definition) is 1. The standard InChI is InChI=1S/C17H25ClN2O3/c1-20(12-14-5-2-6-15(18)11-14)17(21)19-8-4-9-22-13-16-7-3-10-23-16/h2,5-6,11,16H,3-4,7-10,12-13H2,1H3,(H,19,21). The summed E-state index contributed by atoms with van der Waals surface area (Å²) in [5.74, 6) is 0. The van der Waals surface area contributed by atoms with Crippen molar-refractivity contribution in [1.82, 2.24) is 10.2 Å². The Morgan fingerprint density at radius 2 is 2.39 bits per heavy atom. The monoisotopic (exact) mass is 340 g/mol. The fourth-order valence-corrected chi connectivity index (χ4v) is 2.69. The first kappa shape index (κ1) is 18.0. The van der Waals surface area contributed by atoms with E-state index < -0.39 is 0 Å². The van der Waals surface area contributed by atoms with Gasteiger partial charge in [0.1, 0.15) is 0 Å². The minimum absolute atomic E-state index is 0.0934. The lowest BCUT2D eigenvalue weighted by molar-refractivity contribution is 0.0167. The van der Waals surface area contributed by atoms with Crippen LogP contribution in [0.1, 0.15) is 24.8 Å². The first-order valence-electron chi connectivity index (χ1n) is 8.08. The summed E-state index contributed by atoms with van der Waals surface area (Å²) in [6.45, 7) is 3.27. The second-order valence-corrected chi connectivity index (χ2v) is 6.22. The molecule has 5 nitrogen and oxygen atoms in total. The van der Waals surface area contributed by atoms with Gasteiger partial charge in [-0.2, -0.15) is 0 Å². The Kier molecular flexibility index (Phi) is 7.65. The molecule has 0 aliphatic carbocycles. The molecule has 6 heteroatoms. The van der Waals surface area contributed by atoms with Gasteiger partial charge in [0.25, 0.3) is 0 Å². The van der Waals surface area contributed by atoms with Crippen molar-refractivity contribution in [3.05, 3.63) is 34.9 Å². The number of halogens is 1. The number of rotatable bonds is 8. The molecule has 1 aromatic carbocycles. The first-order valence-corrected chi connectivity index (χ1v) is 8.45. The predicted molar refractivity (Wildman–Crippen MR) is 90.7 cm³/mol. The topological polar surface area (TPSA) is 50.8 Å². The third-order valence-electron chi connectivity index (χ3n) is 3.72. The molecule has 1 fully saturated rings. The Labute approximate surface area is 142 Å². The fraction of sp³-hybridized carbons (Fsp3) is 0.588. The van der Waals surface area contributed by atoms with Crippen LogP contribution < -0.4 is 5.32 Å². The Bertz CT molecular complexity index is 492. The zero-order valence-electron chi connectivity index (χ0n) is 13.6. The lowest BCUT2D eigenvalue weighted by Crippen LogP contribution is -2.37. The molecule has 1 atom stereocenters. The maximum Gasteiger partial charge on any atom is 0.317 e. The lowest BCUT2D eigenvalue weighted by atomic mass is 10.2. The normalized spacial score (nSPS) is 17.2. The van der Waals surface area contributed by atoms with Crippen LogP contribution >= 0.6 is 11.6 Å². The summed E-state index contributed by atoms with van der Waals surface area (Å²) < 4.78 is 11.0. The molecule has 1 heterocycles. The van der Waals surface area contributed by atoms with E-state index in [2.05, 4.69) is 5.32 Å². The van der Waals surface area contributed by atoms with Crippen molar-refractivity contribution >= 4 is 17.6 Å². The Morgan fingerprint density at radius 1 is 1.52 bits per heavy atom. The van der Waals surface area contributed by atoms with Gasteiger partial charge in [-0.25, -0.2) is 4.79 Å². The van der Waals surface area contributed by atoms with E-state index in [4.69, 9.17) is 21.1 Å². The third-order valence-corrected chi connectivity index (χ3v) is 3.96. The Hall–Kier alpha value is -1.30. The van der Waals surface area contributed by atoms with Gasteiger partial charge in [0.2, 0.25) is 0 Å². The van der Waals surface area contributed by atoms with Crippen LogP contribution in [0.15, 0.2) is 24.3 Å². The Morgan fingerprint density at radius 3 is 3.13 bits per heavy atom. The molecular formula is C17H25ClN2O3. The van der Waals surface area contributed by atoms with E-state index in [9.17, 15) is 4.79 Å². The van der Waals surface area contributed by atoms with Crippen LogP contribution in [-0.2, 0) is 16.0 Å². The highest BCUT2D eigenvalue weighted by atomic mass is 35.5. The van der Waals surface area contributed by atoms with E-state index >= 15 is 0 Å². The largest absolute Gasteiger partial charge is 0.379 e. The van der Waals surface area contributed by atoms with Gasteiger partial charge in [-0.15, -0.1) is 0 Å². The lowest BCUT2D eigenvalue weighted by Gasteiger charge is -2.18. The molecular weight excluding hydrogens is 316 g/mol. The number of amides is 2. The second-order valence-electron chi connectivity index (χ2n) is 5.78. The van der Waals surface area contributed by atoms with Crippen LogP contribution in [0.3, 0.4) is 0 Å². The SMILES string of the molecule is CN(Cc1cccc(Cl)c1)C(=O)NCCCOCC1CCCO1. The fourth-order valence-electron chi connectivity index (χ4n) is 2.48. The van der Waals surface area contributed by atoms with Crippen molar-refractivity contribution in [2.45, 2.75) is 31.9 Å². The molecule has 1 aromatic rings.